The number of piperidine rings is 1. The van der Waals surface area contributed by atoms with Crippen molar-refractivity contribution in [2.75, 3.05) is 35.1 Å². The van der Waals surface area contributed by atoms with E-state index in [1.165, 1.54) is 22.8 Å². The molecule has 0 radical (unpaired) electrons. The van der Waals surface area contributed by atoms with Gasteiger partial charge in [-0.2, -0.15) is 0 Å². The van der Waals surface area contributed by atoms with Crippen LogP contribution in [0.2, 0.25) is 0 Å². The van der Waals surface area contributed by atoms with E-state index in [4.69, 9.17) is 0 Å². The third kappa shape index (κ3) is 6.00. The van der Waals surface area contributed by atoms with Crippen molar-refractivity contribution in [1.82, 2.24) is 5.32 Å². The molecule has 6 nitrogen and oxygen atoms in total. The van der Waals surface area contributed by atoms with Gasteiger partial charge in [0.1, 0.15) is 6.54 Å². The van der Waals surface area contributed by atoms with Gasteiger partial charge in [-0.15, -0.1) is 0 Å². The summed E-state index contributed by atoms with van der Waals surface area (Å²) in [4.78, 5) is 15.0. The van der Waals surface area contributed by atoms with Crippen molar-refractivity contribution in [2.24, 2.45) is 5.92 Å². The highest BCUT2D eigenvalue weighted by Crippen LogP contribution is 2.26. The summed E-state index contributed by atoms with van der Waals surface area (Å²) in [6.45, 7) is 8.27. The minimum absolute atomic E-state index is 0.242. The zero-order valence-electron chi connectivity index (χ0n) is 18.9. The van der Waals surface area contributed by atoms with Gasteiger partial charge >= 0.3 is 0 Å². The number of aryl methyl sites for hydroxylation is 2. The number of amides is 1. The molecular formula is C24H33N3O3S. The molecule has 0 aromatic heterocycles. The molecule has 0 aliphatic carbocycles. The minimum atomic E-state index is -3.60. The monoisotopic (exact) mass is 443 g/mol. The normalized spacial score (nSPS) is 16.8. The van der Waals surface area contributed by atoms with Gasteiger partial charge in [0.05, 0.1) is 11.9 Å². The predicted molar refractivity (Wildman–Crippen MR) is 127 cm³/mol. The van der Waals surface area contributed by atoms with E-state index in [0.717, 1.165) is 36.0 Å². The fraction of sp³-hybridized carbons (Fsp3) is 0.458. The molecule has 1 heterocycles. The fourth-order valence-electron chi connectivity index (χ4n) is 4.20. The SMILES string of the molecule is Cc1cccc(C)c1N(CC(=O)NCc1ccc(N2CCCC(C)C2)cc1)S(C)(=O)=O. The van der Waals surface area contributed by atoms with Crippen LogP contribution in [-0.4, -0.2) is 40.2 Å². The highest BCUT2D eigenvalue weighted by atomic mass is 32.2. The topological polar surface area (TPSA) is 69.7 Å². The van der Waals surface area contributed by atoms with Gasteiger partial charge in [0.15, 0.2) is 0 Å². The van der Waals surface area contributed by atoms with Crippen LogP contribution in [0.4, 0.5) is 11.4 Å². The molecule has 0 spiro atoms. The molecular weight excluding hydrogens is 410 g/mol. The Morgan fingerprint density at radius 2 is 1.77 bits per heavy atom. The van der Waals surface area contributed by atoms with Crippen molar-refractivity contribution in [3.63, 3.8) is 0 Å². The number of sulfonamides is 1. The van der Waals surface area contributed by atoms with E-state index in [0.29, 0.717) is 18.2 Å². The van der Waals surface area contributed by atoms with E-state index < -0.39 is 10.0 Å². The molecule has 1 aliphatic rings. The Balaban J connectivity index is 1.63. The first-order valence-electron chi connectivity index (χ1n) is 10.8. The second kappa shape index (κ2) is 9.73. The van der Waals surface area contributed by atoms with E-state index in [2.05, 4.69) is 29.3 Å². The van der Waals surface area contributed by atoms with Crippen LogP contribution in [0.1, 0.15) is 36.5 Å². The average Bonchev–Trinajstić information content (AvgIpc) is 2.71. The van der Waals surface area contributed by atoms with E-state index >= 15 is 0 Å². The molecule has 168 valence electrons. The Labute approximate surface area is 186 Å². The maximum Gasteiger partial charge on any atom is 0.241 e. The van der Waals surface area contributed by atoms with Crippen molar-refractivity contribution in [2.45, 2.75) is 40.2 Å². The van der Waals surface area contributed by atoms with Crippen molar-refractivity contribution in [3.8, 4) is 0 Å². The number of para-hydroxylation sites is 1. The standard InChI is InChI=1S/C24H33N3O3S/c1-18-7-6-14-26(16-18)22-12-10-21(11-13-22)15-25-23(28)17-27(31(4,29)30)24-19(2)8-5-9-20(24)3/h5,8-13,18H,6-7,14-17H2,1-4H3,(H,25,28). The lowest BCUT2D eigenvalue weighted by molar-refractivity contribution is -0.119. The van der Waals surface area contributed by atoms with Crippen LogP contribution in [0.15, 0.2) is 42.5 Å². The molecule has 1 N–H and O–H groups in total. The number of benzene rings is 2. The molecule has 3 rings (SSSR count). The summed E-state index contributed by atoms with van der Waals surface area (Å²) < 4.78 is 26.0. The Morgan fingerprint density at radius 1 is 1.13 bits per heavy atom. The Hall–Kier alpha value is -2.54. The van der Waals surface area contributed by atoms with Crippen LogP contribution < -0.4 is 14.5 Å². The van der Waals surface area contributed by atoms with Crippen molar-refractivity contribution < 1.29 is 13.2 Å². The number of rotatable bonds is 7. The summed E-state index contributed by atoms with van der Waals surface area (Å²) in [7, 11) is -3.60. The number of carbonyl (C=O) groups is 1. The molecule has 1 fully saturated rings. The number of nitrogens with one attached hydrogen (secondary N) is 1. The predicted octanol–water partition coefficient (Wildman–Crippen LogP) is 3.62. The number of anilines is 2. The van der Waals surface area contributed by atoms with E-state index in [-0.39, 0.29) is 12.5 Å². The molecule has 1 unspecified atom stereocenters. The summed E-state index contributed by atoms with van der Waals surface area (Å²) in [5, 5.41) is 2.86. The molecule has 2 aromatic carbocycles. The molecule has 7 heteroatoms. The number of nitrogens with zero attached hydrogens (tertiary/aromatic N) is 2. The molecule has 0 bridgehead atoms. The quantitative estimate of drug-likeness (QED) is 0.710. The lowest BCUT2D eigenvalue weighted by atomic mass is 9.99. The first kappa shape index (κ1) is 23.1. The van der Waals surface area contributed by atoms with Crippen LogP contribution in [0, 0.1) is 19.8 Å². The molecule has 2 aromatic rings. The van der Waals surface area contributed by atoms with Crippen LogP contribution in [0.25, 0.3) is 0 Å². The van der Waals surface area contributed by atoms with Crippen molar-refractivity contribution in [1.29, 1.82) is 0 Å². The van der Waals surface area contributed by atoms with Crippen molar-refractivity contribution in [3.05, 3.63) is 59.2 Å². The van der Waals surface area contributed by atoms with Crippen LogP contribution in [0.5, 0.6) is 0 Å². The van der Waals surface area contributed by atoms with E-state index in [9.17, 15) is 13.2 Å². The van der Waals surface area contributed by atoms with Gasteiger partial charge in [-0.3, -0.25) is 9.10 Å². The number of hydrogen-bond donors (Lipinski definition) is 1. The van der Waals surface area contributed by atoms with Crippen LogP contribution >= 0.6 is 0 Å². The maximum atomic E-state index is 12.6. The number of hydrogen-bond acceptors (Lipinski definition) is 4. The number of carbonyl (C=O) groups excluding carboxylic acids is 1. The first-order chi connectivity index (χ1) is 14.6. The van der Waals surface area contributed by atoms with Crippen molar-refractivity contribution >= 4 is 27.3 Å². The second-order valence-electron chi connectivity index (χ2n) is 8.65. The smallest absolute Gasteiger partial charge is 0.241 e. The summed E-state index contributed by atoms with van der Waals surface area (Å²) in [6, 6.07) is 13.8. The van der Waals surface area contributed by atoms with Gasteiger partial charge < -0.3 is 10.2 Å². The Kier molecular flexibility index (Phi) is 7.26. The largest absolute Gasteiger partial charge is 0.371 e. The minimum Gasteiger partial charge on any atom is -0.371 e. The lowest BCUT2D eigenvalue weighted by Gasteiger charge is -2.32. The molecule has 1 saturated heterocycles. The van der Waals surface area contributed by atoms with E-state index in [1.54, 1.807) is 0 Å². The van der Waals surface area contributed by atoms with Crippen LogP contribution in [-0.2, 0) is 21.4 Å². The van der Waals surface area contributed by atoms with Gasteiger partial charge in [-0.05, 0) is 61.4 Å². The highest BCUT2D eigenvalue weighted by molar-refractivity contribution is 7.92. The summed E-state index contributed by atoms with van der Waals surface area (Å²) in [5.74, 6) is 0.379. The third-order valence-corrected chi connectivity index (χ3v) is 6.94. The zero-order valence-corrected chi connectivity index (χ0v) is 19.7. The zero-order chi connectivity index (χ0) is 22.6. The molecule has 1 aliphatic heterocycles. The second-order valence-corrected chi connectivity index (χ2v) is 10.6. The van der Waals surface area contributed by atoms with Gasteiger partial charge in [0.25, 0.3) is 0 Å². The summed E-state index contributed by atoms with van der Waals surface area (Å²) in [6.07, 6.45) is 3.63. The van der Waals surface area contributed by atoms with Gasteiger partial charge in [-0.1, -0.05) is 37.3 Å². The summed E-state index contributed by atoms with van der Waals surface area (Å²) in [5.41, 5.74) is 4.40. The Bertz CT molecular complexity index is 999. The molecule has 1 atom stereocenters. The average molecular weight is 444 g/mol. The first-order valence-corrected chi connectivity index (χ1v) is 12.6. The van der Waals surface area contributed by atoms with Gasteiger partial charge in [-0.25, -0.2) is 8.42 Å². The highest BCUT2D eigenvalue weighted by Gasteiger charge is 2.23. The van der Waals surface area contributed by atoms with Crippen LogP contribution in [0.3, 0.4) is 0 Å². The van der Waals surface area contributed by atoms with Gasteiger partial charge in [0, 0.05) is 25.3 Å². The molecule has 1 amide bonds. The maximum absolute atomic E-state index is 12.6. The lowest BCUT2D eigenvalue weighted by Crippen LogP contribution is -2.40. The van der Waals surface area contributed by atoms with Gasteiger partial charge in [0.2, 0.25) is 15.9 Å². The fourth-order valence-corrected chi connectivity index (χ4v) is 5.17. The molecule has 0 saturated carbocycles. The Morgan fingerprint density at radius 3 is 2.35 bits per heavy atom. The third-order valence-electron chi connectivity index (χ3n) is 5.82. The molecule has 31 heavy (non-hydrogen) atoms. The van der Waals surface area contributed by atoms with E-state index in [1.807, 2.05) is 44.2 Å². The summed E-state index contributed by atoms with van der Waals surface area (Å²) >= 11 is 0.